The third kappa shape index (κ3) is 3.71. The lowest BCUT2D eigenvalue weighted by Gasteiger charge is -2.10. The minimum absolute atomic E-state index is 0.149. The number of rotatable bonds is 5. The molecule has 102 valence electrons. The van der Waals surface area contributed by atoms with Gasteiger partial charge < -0.3 is 5.32 Å². The molecule has 0 aliphatic carbocycles. The van der Waals surface area contributed by atoms with E-state index >= 15 is 0 Å². The molecule has 0 spiro atoms. The molecule has 1 amide bonds. The summed E-state index contributed by atoms with van der Waals surface area (Å²) in [6, 6.07) is 11.3. The molecular formula is C16H16N2OS. The van der Waals surface area contributed by atoms with Crippen LogP contribution in [-0.2, 0) is 0 Å². The van der Waals surface area contributed by atoms with Crippen molar-refractivity contribution in [2.75, 3.05) is 11.1 Å². The molecule has 3 nitrogen and oxygen atoms in total. The Kier molecular flexibility index (Phi) is 4.96. The second kappa shape index (κ2) is 6.91. The molecule has 4 heteroatoms. The summed E-state index contributed by atoms with van der Waals surface area (Å²) in [7, 11) is 0. The summed E-state index contributed by atoms with van der Waals surface area (Å²) >= 11 is 1.64. The van der Waals surface area contributed by atoms with Crippen LogP contribution in [0.15, 0.2) is 60.1 Å². The number of para-hydroxylation sites is 1. The molecular weight excluding hydrogens is 268 g/mol. The second-order valence-electron chi connectivity index (χ2n) is 4.24. The van der Waals surface area contributed by atoms with Gasteiger partial charge in [-0.05, 0) is 31.2 Å². The molecule has 1 aromatic heterocycles. The molecule has 0 aliphatic heterocycles. The summed E-state index contributed by atoms with van der Waals surface area (Å²) in [5, 5.41) is 2.92. The highest BCUT2D eigenvalue weighted by Crippen LogP contribution is 2.27. The van der Waals surface area contributed by atoms with E-state index in [4.69, 9.17) is 0 Å². The number of anilines is 1. The minimum Gasteiger partial charge on any atom is -0.321 e. The highest BCUT2D eigenvalue weighted by molar-refractivity contribution is 7.99. The van der Waals surface area contributed by atoms with Gasteiger partial charge >= 0.3 is 0 Å². The average Bonchev–Trinajstić information content (AvgIpc) is 2.47. The maximum Gasteiger partial charge on any atom is 0.257 e. The Balaban J connectivity index is 2.15. The average molecular weight is 284 g/mol. The van der Waals surface area contributed by atoms with E-state index in [9.17, 15) is 4.79 Å². The minimum atomic E-state index is -0.149. The van der Waals surface area contributed by atoms with Crippen LogP contribution >= 0.6 is 11.8 Å². The molecule has 1 heterocycles. The monoisotopic (exact) mass is 284 g/mol. The first kappa shape index (κ1) is 14.3. The van der Waals surface area contributed by atoms with E-state index in [1.165, 1.54) is 0 Å². The SMILES string of the molecule is C=CCSc1ccccc1NC(=O)c1ccc(C)nc1. The van der Waals surface area contributed by atoms with Crippen molar-refractivity contribution in [2.45, 2.75) is 11.8 Å². The maximum absolute atomic E-state index is 12.2. The number of carbonyl (C=O) groups is 1. The van der Waals surface area contributed by atoms with Gasteiger partial charge in [0.15, 0.2) is 0 Å². The van der Waals surface area contributed by atoms with Crippen LogP contribution in [0, 0.1) is 6.92 Å². The molecule has 1 aromatic carbocycles. The van der Waals surface area contributed by atoms with E-state index in [0.29, 0.717) is 5.56 Å². The van der Waals surface area contributed by atoms with Crippen LogP contribution in [0.3, 0.4) is 0 Å². The lowest BCUT2D eigenvalue weighted by atomic mass is 10.2. The smallest absolute Gasteiger partial charge is 0.257 e. The molecule has 0 unspecified atom stereocenters. The first-order valence-corrected chi connectivity index (χ1v) is 7.26. The lowest BCUT2D eigenvalue weighted by molar-refractivity contribution is 0.102. The molecule has 0 saturated heterocycles. The van der Waals surface area contributed by atoms with Crippen molar-refractivity contribution in [1.82, 2.24) is 4.98 Å². The third-order valence-electron chi connectivity index (χ3n) is 2.67. The van der Waals surface area contributed by atoms with Crippen molar-refractivity contribution >= 4 is 23.4 Å². The van der Waals surface area contributed by atoms with Crippen LogP contribution in [-0.4, -0.2) is 16.6 Å². The van der Waals surface area contributed by atoms with Gasteiger partial charge in [0.2, 0.25) is 0 Å². The summed E-state index contributed by atoms with van der Waals surface area (Å²) in [5.74, 6) is 0.656. The van der Waals surface area contributed by atoms with Gasteiger partial charge in [-0.25, -0.2) is 0 Å². The molecule has 0 radical (unpaired) electrons. The third-order valence-corrected chi connectivity index (χ3v) is 3.73. The van der Waals surface area contributed by atoms with E-state index < -0.39 is 0 Å². The van der Waals surface area contributed by atoms with Crippen molar-refractivity contribution in [3.05, 3.63) is 66.5 Å². The van der Waals surface area contributed by atoms with Gasteiger partial charge in [0.25, 0.3) is 5.91 Å². The molecule has 0 bridgehead atoms. The normalized spacial score (nSPS) is 10.1. The highest BCUT2D eigenvalue weighted by Gasteiger charge is 2.09. The van der Waals surface area contributed by atoms with Crippen LogP contribution < -0.4 is 5.32 Å². The van der Waals surface area contributed by atoms with Crippen molar-refractivity contribution in [3.8, 4) is 0 Å². The number of hydrogen-bond donors (Lipinski definition) is 1. The number of pyridine rings is 1. The molecule has 2 aromatic rings. The Morgan fingerprint density at radius 2 is 2.15 bits per heavy atom. The van der Waals surface area contributed by atoms with E-state index in [-0.39, 0.29) is 5.91 Å². The Morgan fingerprint density at radius 3 is 2.85 bits per heavy atom. The van der Waals surface area contributed by atoms with Crippen LogP contribution in [0.25, 0.3) is 0 Å². The lowest BCUT2D eigenvalue weighted by Crippen LogP contribution is -2.12. The van der Waals surface area contributed by atoms with Crippen LogP contribution in [0.1, 0.15) is 16.1 Å². The highest BCUT2D eigenvalue weighted by atomic mass is 32.2. The maximum atomic E-state index is 12.2. The number of benzene rings is 1. The predicted octanol–water partition coefficient (Wildman–Crippen LogP) is 3.92. The van der Waals surface area contributed by atoms with Gasteiger partial charge in [0.05, 0.1) is 11.3 Å². The number of aryl methyl sites for hydroxylation is 1. The first-order valence-electron chi connectivity index (χ1n) is 6.27. The standard InChI is InChI=1S/C16H16N2OS/c1-3-10-20-15-7-5-4-6-14(15)18-16(19)13-9-8-12(2)17-11-13/h3-9,11H,1,10H2,2H3,(H,18,19). The Labute approximate surface area is 123 Å². The fourth-order valence-electron chi connectivity index (χ4n) is 1.64. The van der Waals surface area contributed by atoms with Gasteiger partial charge in [-0.1, -0.05) is 18.2 Å². The summed E-state index contributed by atoms with van der Waals surface area (Å²) in [6.07, 6.45) is 3.43. The van der Waals surface area contributed by atoms with Gasteiger partial charge in [-0.3, -0.25) is 9.78 Å². The van der Waals surface area contributed by atoms with E-state index in [0.717, 1.165) is 22.0 Å². The number of thioether (sulfide) groups is 1. The van der Waals surface area contributed by atoms with Crippen molar-refractivity contribution in [1.29, 1.82) is 0 Å². The molecule has 0 fully saturated rings. The fourth-order valence-corrected chi connectivity index (χ4v) is 2.39. The zero-order chi connectivity index (χ0) is 14.4. The Hall–Kier alpha value is -2.07. The predicted molar refractivity (Wildman–Crippen MR) is 84.3 cm³/mol. The number of carbonyl (C=O) groups excluding carboxylic acids is 1. The number of aromatic nitrogens is 1. The quantitative estimate of drug-likeness (QED) is 0.668. The molecule has 0 saturated carbocycles. The van der Waals surface area contributed by atoms with Gasteiger partial charge in [-0.15, -0.1) is 18.3 Å². The first-order chi connectivity index (χ1) is 9.70. The fraction of sp³-hybridized carbons (Fsp3) is 0.125. The van der Waals surface area contributed by atoms with E-state index in [2.05, 4.69) is 16.9 Å². The summed E-state index contributed by atoms with van der Waals surface area (Å²) < 4.78 is 0. The molecule has 1 N–H and O–H groups in total. The molecule has 2 rings (SSSR count). The number of amides is 1. The van der Waals surface area contributed by atoms with E-state index in [1.807, 2.05) is 43.3 Å². The number of nitrogens with zero attached hydrogens (tertiary/aromatic N) is 1. The van der Waals surface area contributed by atoms with Gasteiger partial charge in [0, 0.05) is 22.5 Å². The van der Waals surface area contributed by atoms with Crippen LogP contribution in [0.2, 0.25) is 0 Å². The van der Waals surface area contributed by atoms with Crippen molar-refractivity contribution in [2.24, 2.45) is 0 Å². The molecule has 0 aliphatic rings. The Morgan fingerprint density at radius 1 is 1.35 bits per heavy atom. The summed E-state index contributed by atoms with van der Waals surface area (Å²) in [6.45, 7) is 5.60. The zero-order valence-electron chi connectivity index (χ0n) is 11.3. The van der Waals surface area contributed by atoms with Crippen molar-refractivity contribution in [3.63, 3.8) is 0 Å². The van der Waals surface area contributed by atoms with Gasteiger partial charge in [-0.2, -0.15) is 0 Å². The van der Waals surface area contributed by atoms with Crippen LogP contribution in [0.4, 0.5) is 5.69 Å². The Bertz CT molecular complexity index is 608. The summed E-state index contributed by atoms with van der Waals surface area (Å²) in [5.41, 5.74) is 2.26. The van der Waals surface area contributed by atoms with E-state index in [1.54, 1.807) is 24.0 Å². The van der Waals surface area contributed by atoms with Gasteiger partial charge in [0.1, 0.15) is 0 Å². The molecule has 0 atom stereocenters. The topological polar surface area (TPSA) is 42.0 Å². The zero-order valence-corrected chi connectivity index (χ0v) is 12.1. The largest absolute Gasteiger partial charge is 0.321 e. The molecule has 20 heavy (non-hydrogen) atoms. The summed E-state index contributed by atoms with van der Waals surface area (Å²) in [4.78, 5) is 17.3. The van der Waals surface area contributed by atoms with Crippen LogP contribution in [0.5, 0.6) is 0 Å². The van der Waals surface area contributed by atoms with Crippen molar-refractivity contribution < 1.29 is 4.79 Å². The second-order valence-corrected chi connectivity index (χ2v) is 5.30. The number of nitrogens with one attached hydrogen (secondary N) is 1. The number of hydrogen-bond acceptors (Lipinski definition) is 3.